The van der Waals surface area contributed by atoms with Crippen molar-refractivity contribution in [3.8, 4) is 0 Å². The summed E-state index contributed by atoms with van der Waals surface area (Å²) in [6.45, 7) is 2.53. The van der Waals surface area contributed by atoms with Crippen LogP contribution in [0.25, 0.3) is 0 Å². The van der Waals surface area contributed by atoms with Gasteiger partial charge in [0.05, 0.1) is 5.69 Å². The molecule has 0 bridgehead atoms. The van der Waals surface area contributed by atoms with Gasteiger partial charge in [-0.1, -0.05) is 19.8 Å². The zero-order valence-corrected chi connectivity index (χ0v) is 14.1. The number of benzene rings is 1. The number of carbonyl (C=O) groups excluding carboxylic acids is 2. The molecule has 0 radical (unpaired) electrons. The molecule has 138 valence electrons. The quantitative estimate of drug-likeness (QED) is 0.581. The highest BCUT2D eigenvalue weighted by Gasteiger charge is 2.17. The minimum atomic E-state index is -1.68. The van der Waals surface area contributed by atoms with Gasteiger partial charge in [0.15, 0.2) is 17.5 Å². The number of carbonyl (C=O) groups is 2. The average Bonchev–Trinajstić information content (AvgIpc) is 2.65. The van der Waals surface area contributed by atoms with Crippen LogP contribution in [0.2, 0.25) is 0 Å². The van der Waals surface area contributed by atoms with Crippen LogP contribution in [0.15, 0.2) is 30.5 Å². The van der Waals surface area contributed by atoms with Gasteiger partial charge >= 0.3 is 0 Å². The summed E-state index contributed by atoms with van der Waals surface area (Å²) in [7, 11) is 0. The average molecular weight is 365 g/mol. The number of nitrogens with zero attached hydrogens (tertiary/aromatic N) is 1. The summed E-state index contributed by atoms with van der Waals surface area (Å²) < 4.78 is 39.8. The third-order valence-corrected chi connectivity index (χ3v) is 3.60. The monoisotopic (exact) mass is 365 g/mol. The molecule has 0 aliphatic carbocycles. The zero-order valence-electron chi connectivity index (χ0n) is 14.1. The third kappa shape index (κ3) is 4.81. The predicted molar refractivity (Wildman–Crippen MR) is 90.4 cm³/mol. The van der Waals surface area contributed by atoms with Gasteiger partial charge in [0.25, 0.3) is 11.8 Å². The molecule has 1 heterocycles. The molecule has 0 atom stereocenters. The molecule has 0 aliphatic heterocycles. The molecule has 0 unspecified atom stereocenters. The molecule has 0 spiro atoms. The van der Waals surface area contributed by atoms with Gasteiger partial charge in [-0.2, -0.15) is 0 Å². The summed E-state index contributed by atoms with van der Waals surface area (Å²) >= 11 is 0. The summed E-state index contributed by atoms with van der Waals surface area (Å²) in [6, 6.07) is 4.17. The van der Waals surface area contributed by atoms with E-state index in [1.807, 2.05) is 6.92 Å². The van der Waals surface area contributed by atoms with E-state index >= 15 is 0 Å². The number of halogens is 3. The van der Waals surface area contributed by atoms with Crippen LogP contribution in [0.4, 0.5) is 18.9 Å². The van der Waals surface area contributed by atoms with Crippen molar-refractivity contribution in [2.75, 3.05) is 11.9 Å². The van der Waals surface area contributed by atoms with Gasteiger partial charge in [-0.3, -0.25) is 14.6 Å². The van der Waals surface area contributed by atoms with Gasteiger partial charge in [-0.05, 0) is 30.7 Å². The second kappa shape index (κ2) is 8.98. The fraction of sp³-hybridized carbons (Fsp3) is 0.278. The van der Waals surface area contributed by atoms with E-state index in [0.29, 0.717) is 12.6 Å². The molecular weight excluding hydrogens is 347 g/mol. The van der Waals surface area contributed by atoms with E-state index in [0.717, 1.165) is 25.3 Å². The van der Waals surface area contributed by atoms with Crippen molar-refractivity contribution in [2.24, 2.45) is 0 Å². The van der Waals surface area contributed by atoms with E-state index < -0.39 is 35.0 Å². The van der Waals surface area contributed by atoms with Crippen LogP contribution in [0.3, 0.4) is 0 Å². The Labute approximate surface area is 148 Å². The normalized spacial score (nSPS) is 10.5. The molecule has 0 saturated carbocycles. The maximum absolute atomic E-state index is 13.6. The second-order valence-corrected chi connectivity index (χ2v) is 5.57. The number of aromatic nitrogens is 1. The van der Waals surface area contributed by atoms with Crippen molar-refractivity contribution in [3.05, 3.63) is 59.2 Å². The maximum Gasteiger partial charge on any atom is 0.269 e. The number of unbranched alkanes of at least 4 members (excludes halogenated alkanes) is 2. The molecule has 1 aromatic heterocycles. The van der Waals surface area contributed by atoms with Gasteiger partial charge in [-0.25, -0.2) is 13.2 Å². The second-order valence-electron chi connectivity index (χ2n) is 5.57. The summed E-state index contributed by atoms with van der Waals surface area (Å²) in [4.78, 5) is 28.1. The third-order valence-electron chi connectivity index (χ3n) is 3.60. The van der Waals surface area contributed by atoms with Crippen LogP contribution < -0.4 is 10.6 Å². The van der Waals surface area contributed by atoms with Crippen molar-refractivity contribution in [2.45, 2.75) is 26.2 Å². The summed E-state index contributed by atoms with van der Waals surface area (Å²) in [5, 5.41) is 4.83. The topological polar surface area (TPSA) is 71.1 Å². The Hall–Kier alpha value is -2.90. The zero-order chi connectivity index (χ0) is 19.1. The molecule has 2 amide bonds. The number of hydrogen-bond acceptors (Lipinski definition) is 3. The maximum atomic E-state index is 13.6. The van der Waals surface area contributed by atoms with Gasteiger partial charge < -0.3 is 10.6 Å². The largest absolute Gasteiger partial charge is 0.351 e. The number of amides is 2. The minimum absolute atomic E-state index is 0.0277. The molecule has 0 aliphatic rings. The van der Waals surface area contributed by atoms with Crippen LogP contribution in [0.1, 0.15) is 47.0 Å². The molecule has 0 fully saturated rings. The van der Waals surface area contributed by atoms with Crippen molar-refractivity contribution in [1.29, 1.82) is 0 Å². The first kappa shape index (κ1) is 19.4. The molecule has 0 saturated heterocycles. The first-order chi connectivity index (χ1) is 12.4. The Morgan fingerprint density at radius 1 is 1.04 bits per heavy atom. The van der Waals surface area contributed by atoms with Crippen LogP contribution in [-0.2, 0) is 0 Å². The highest BCUT2D eigenvalue weighted by atomic mass is 19.2. The van der Waals surface area contributed by atoms with E-state index in [1.54, 1.807) is 0 Å². The van der Waals surface area contributed by atoms with Crippen LogP contribution in [-0.4, -0.2) is 23.3 Å². The Morgan fingerprint density at radius 3 is 2.54 bits per heavy atom. The smallest absolute Gasteiger partial charge is 0.269 e. The van der Waals surface area contributed by atoms with E-state index in [4.69, 9.17) is 0 Å². The lowest BCUT2D eigenvalue weighted by atomic mass is 10.2. The summed E-state index contributed by atoms with van der Waals surface area (Å²) in [5.41, 5.74) is -0.445. The fourth-order valence-electron chi connectivity index (χ4n) is 2.18. The molecule has 26 heavy (non-hydrogen) atoms. The molecule has 1 aromatic carbocycles. The molecule has 2 N–H and O–H groups in total. The fourth-order valence-corrected chi connectivity index (χ4v) is 2.18. The molecular formula is C18H18F3N3O2. The molecule has 2 rings (SSSR count). The van der Waals surface area contributed by atoms with Gasteiger partial charge in [0.1, 0.15) is 5.69 Å². The van der Waals surface area contributed by atoms with Gasteiger partial charge in [0.2, 0.25) is 0 Å². The summed E-state index contributed by atoms with van der Waals surface area (Å²) in [5.74, 6) is -5.75. The Kier molecular flexibility index (Phi) is 6.71. The van der Waals surface area contributed by atoms with E-state index in [2.05, 4.69) is 15.6 Å². The van der Waals surface area contributed by atoms with Crippen molar-refractivity contribution in [3.63, 3.8) is 0 Å². The molecule has 8 heteroatoms. The first-order valence-corrected chi connectivity index (χ1v) is 8.13. The highest BCUT2D eigenvalue weighted by molar-refractivity contribution is 6.05. The van der Waals surface area contributed by atoms with E-state index in [-0.39, 0.29) is 11.3 Å². The molecule has 5 nitrogen and oxygen atoms in total. The molecule has 2 aromatic rings. The number of rotatable bonds is 7. The lowest BCUT2D eigenvalue weighted by Crippen LogP contribution is -2.26. The minimum Gasteiger partial charge on any atom is -0.351 e. The SMILES string of the molecule is CCCCCNC(=O)c1cc(C(=O)Nc2ccc(F)c(F)c2F)ccn1. The lowest BCUT2D eigenvalue weighted by molar-refractivity contribution is 0.0948. The van der Waals surface area contributed by atoms with Crippen molar-refractivity contribution in [1.82, 2.24) is 10.3 Å². The standard InChI is InChI=1S/C18H18F3N3O2/c1-2-3-4-8-23-18(26)14-10-11(7-9-22-14)17(25)24-13-6-5-12(19)15(20)16(13)21/h5-7,9-10H,2-4,8H2,1H3,(H,23,26)(H,24,25). The Bertz CT molecular complexity index is 812. The number of nitrogens with one attached hydrogen (secondary N) is 2. The number of hydrogen-bond donors (Lipinski definition) is 2. The predicted octanol–water partition coefficient (Wildman–Crippen LogP) is 3.67. The van der Waals surface area contributed by atoms with E-state index in [9.17, 15) is 22.8 Å². The van der Waals surface area contributed by atoms with Gasteiger partial charge in [-0.15, -0.1) is 0 Å². The Balaban J connectivity index is 2.08. The van der Waals surface area contributed by atoms with Crippen LogP contribution >= 0.6 is 0 Å². The van der Waals surface area contributed by atoms with Crippen LogP contribution in [0.5, 0.6) is 0 Å². The number of pyridine rings is 1. The van der Waals surface area contributed by atoms with Crippen molar-refractivity contribution < 1.29 is 22.8 Å². The highest BCUT2D eigenvalue weighted by Crippen LogP contribution is 2.20. The van der Waals surface area contributed by atoms with E-state index in [1.165, 1.54) is 18.3 Å². The Morgan fingerprint density at radius 2 is 1.81 bits per heavy atom. The van der Waals surface area contributed by atoms with Gasteiger partial charge in [0, 0.05) is 18.3 Å². The summed E-state index contributed by atoms with van der Waals surface area (Å²) in [6.07, 6.45) is 4.09. The van der Waals surface area contributed by atoms with Crippen LogP contribution in [0, 0.1) is 17.5 Å². The first-order valence-electron chi connectivity index (χ1n) is 8.13. The lowest BCUT2D eigenvalue weighted by Gasteiger charge is -2.08. The van der Waals surface area contributed by atoms with Crippen molar-refractivity contribution >= 4 is 17.5 Å². The number of anilines is 1.